The molecule has 2 fully saturated rings. The second-order valence-electron chi connectivity index (χ2n) is 7.03. The summed E-state index contributed by atoms with van der Waals surface area (Å²) in [4.78, 5) is 26.4. The van der Waals surface area contributed by atoms with Crippen molar-refractivity contribution in [3.8, 4) is 0 Å². The van der Waals surface area contributed by atoms with E-state index in [0.29, 0.717) is 13.1 Å². The van der Waals surface area contributed by atoms with Crippen molar-refractivity contribution < 1.29 is 9.59 Å². The first-order chi connectivity index (χ1) is 9.95. The molecular weight excluding hydrogens is 266 g/mol. The third-order valence-electron chi connectivity index (χ3n) is 4.92. The van der Waals surface area contributed by atoms with E-state index >= 15 is 0 Å². The van der Waals surface area contributed by atoms with Gasteiger partial charge in [-0.25, -0.2) is 4.79 Å². The Morgan fingerprint density at radius 1 is 1.24 bits per heavy atom. The zero-order chi connectivity index (χ0) is 15.5. The molecule has 0 aromatic carbocycles. The van der Waals surface area contributed by atoms with Crippen molar-refractivity contribution in [2.24, 2.45) is 5.41 Å². The van der Waals surface area contributed by atoms with Crippen LogP contribution in [0.2, 0.25) is 0 Å². The number of hydrogen-bond acceptors (Lipinski definition) is 2. The fourth-order valence-corrected chi connectivity index (χ4v) is 3.47. The van der Waals surface area contributed by atoms with E-state index in [2.05, 4.69) is 24.5 Å². The van der Waals surface area contributed by atoms with Gasteiger partial charge in [-0.15, -0.1) is 0 Å². The van der Waals surface area contributed by atoms with Crippen molar-refractivity contribution in [2.75, 3.05) is 13.1 Å². The molecule has 0 bridgehead atoms. The monoisotopic (exact) mass is 295 g/mol. The Balaban J connectivity index is 1.93. The van der Waals surface area contributed by atoms with Crippen LogP contribution in [-0.2, 0) is 4.79 Å². The van der Waals surface area contributed by atoms with Gasteiger partial charge < -0.3 is 15.5 Å². The second-order valence-corrected chi connectivity index (χ2v) is 7.03. The molecule has 120 valence electrons. The minimum atomic E-state index is -0.291. The molecule has 1 saturated carbocycles. The van der Waals surface area contributed by atoms with Crippen molar-refractivity contribution in [1.82, 2.24) is 15.5 Å². The van der Waals surface area contributed by atoms with Gasteiger partial charge in [-0.3, -0.25) is 4.79 Å². The van der Waals surface area contributed by atoms with Gasteiger partial charge in [0.15, 0.2) is 0 Å². The maximum atomic E-state index is 12.5. The molecule has 0 radical (unpaired) electrons. The maximum Gasteiger partial charge on any atom is 0.318 e. The Morgan fingerprint density at radius 2 is 2.00 bits per heavy atom. The van der Waals surface area contributed by atoms with Gasteiger partial charge in [0, 0.05) is 19.1 Å². The molecule has 0 aromatic rings. The Morgan fingerprint density at radius 3 is 2.62 bits per heavy atom. The van der Waals surface area contributed by atoms with Gasteiger partial charge in [-0.1, -0.05) is 27.2 Å². The highest BCUT2D eigenvalue weighted by Gasteiger charge is 2.39. The lowest BCUT2D eigenvalue weighted by Crippen LogP contribution is -2.53. The van der Waals surface area contributed by atoms with Crippen LogP contribution in [0.5, 0.6) is 0 Å². The highest BCUT2D eigenvalue weighted by molar-refractivity contribution is 5.87. The first-order valence-electron chi connectivity index (χ1n) is 8.30. The van der Waals surface area contributed by atoms with Crippen LogP contribution >= 0.6 is 0 Å². The highest BCUT2D eigenvalue weighted by atomic mass is 16.2. The molecule has 2 rings (SSSR count). The molecular formula is C16H29N3O2. The van der Waals surface area contributed by atoms with E-state index in [0.717, 1.165) is 32.1 Å². The van der Waals surface area contributed by atoms with Crippen LogP contribution in [0.4, 0.5) is 4.79 Å². The summed E-state index contributed by atoms with van der Waals surface area (Å²) in [7, 11) is 0. The van der Waals surface area contributed by atoms with Crippen molar-refractivity contribution in [3.05, 3.63) is 0 Å². The number of likely N-dealkylation sites (tertiary alicyclic amines) is 1. The summed E-state index contributed by atoms with van der Waals surface area (Å²) in [6.45, 7) is 7.81. The number of urea groups is 1. The Labute approximate surface area is 127 Å². The van der Waals surface area contributed by atoms with E-state index in [1.807, 2.05) is 6.92 Å². The van der Waals surface area contributed by atoms with Gasteiger partial charge >= 0.3 is 6.03 Å². The SMILES string of the molecule is CCCNC(=O)C1CCCN1C(=O)NC1CCCC1(C)C. The summed E-state index contributed by atoms with van der Waals surface area (Å²) in [6, 6.07) is -0.129. The zero-order valence-corrected chi connectivity index (χ0v) is 13.6. The highest BCUT2D eigenvalue weighted by Crippen LogP contribution is 2.37. The van der Waals surface area contributed by atoms with Gasteiger partial charge in [0.25, 0.3) is 0 Å². The molecule has 1 aliphatic carbocycles. The topological polar surface area (TPSA) is 61.4 Å². The lowest BCUT2D eigenvalue weighted by atomic mass is 9.87. The molecule has 1 aliphatic heterocycles. The number of carbonyl (C=O) groups excluding carboxylic acids is 2. The van der Waals surface area contributed by atoms with Crippen molar-refractivity contribution in [3.63, 3.8) is 0 Å². The van der Waals surface area contributed by atoms with Crippen LogP contribution in [0.25, 0.3) is 0 Å². The number of nitrogens with one attached hydrogen (secondary N) is 2. The van der Waals surface area contributed by atoms with Crippen molar-refractivity contribution in [1.29, 1.82) is 0 Å². The van der Waals surface area contributed by atoms with Crippen LogP contribution in [0.3, 0.4) is 0 Å². The molecule has 0 spiro atoms. The lowest BCUT2D eigenvalue weighted by Gasteiger charge is -2.31. The van der Waals surface area contributed by atoms with Gasteiger partial charge in [0.2, 0.25) is 5.91 Å². The molecule has 5 heteroatoms. The molecule has 3 amide bonds. The van der Waals surface area contributed by atoms with E-state index in [9.17, 15) is 9.59 Å². The summed E-state index contributed by atoms with van der Waals surface area (Å²) in [6.07, 6.45) is 5.96. The van der Waals surface area contributed by atoms with Gasteiger partial charge in [-0.2, -0.15) is 0 Å². The van der Waals surface area contributed by atoms with Crippen LogP contribution in [-0.4, -0.2) is 42.0 Å². The number of rotatable bonds is 4. The van der Waals surface area contributed by atoms with E-state index in [-0.39, 0.29) is 29.4 Å². The largest absolute Gasteiger partial charge is 0.354 e. The van der Waals surface area contributed by atoms with E-state index < -0.39 is 0 Å². The van der Waals surface area contributed by atoms with Crippen LogP contribution in [0, 0.1) is 5.41 Å². The molecule has 1 heterocycles. The molecule has 0 aromatic heterocycles. The average Bonchev–Trinajstić information content (AvgIpc) is 3.03. The molecule has 2 atom stereocenters. The average molecular weight is 295 g/mol. The van der Waals surface area contributed by atoms with E-state index in [4.69, 9.17) is 0 Å². The molecule has 21 heavy (non-hydrogen) atoms. The van der Waals surface area contributed by atoms with Crippen LogP contribution in [0.1, 0.15) is 59.3 Å². The maximum absolute atomic E-state index is 12.5. The third kappa shape index (κ3) is 3.69. The van der Waals surface area contributed by atoms with Crippen LogP contribution in [0.15, 0.2) is 0 Å². The standard InChI is InChI=1S/C16H29N3O2/c1-4-10-17-14(20)12-7-6-11-19(12)15(21)18-13-8-5-9-16(13,2)3/h12-13H,4-11H2,1-3H3,(H,17,20)(H,18,21). The Hall–Kier alpha value is -1.26. The summed E-state index contributed by atoms with van der Waals surface area (Å²) in [5, 5.41) is 6.07. The van der Waals surface area contributed by atoms with Gasteiger partial charge in [0.1, 0.15) is 6.04 Å². The predicted molar refractivity (Wildman–Crippen MR) is 83.0 cm³/mol. The summed E-state index contributed by atoms with van der Waals surface area (Å²) < 4.78 is 0. The smallest absolute Gasteiger partial charge is 0.318 e. The van der Waals surface area contributed by atoms with E-state index in [1.54, 1.807) is 4.90 Å². The Bertz CT molecular complexity index is 395. The predicted octanol–water partition coefficient (Wildman–Crippen LogP) is 2.27. The quantitative estimate of drug-likeness (QED) is 0.836. The number of hydrogen-bond donors (Lipinski definition) is 2. The normalized spacial score (nSPS) is 27.7. The van der Waals surface area contributed by atoms with Crippen molar-refractivity contribution >= 4 is 11.9 Å². The van der Waals surface area contributed by atoms with Gasteiger partial charge in [0.05, 0.1) is 0 Å². The summed E-state index contributed by atoms with van der Waals surface area (Å²) >= 11 is 0. The first kappa shape index (κ1) is 16.1. The third-order valence-corrected chi connectivity index (χ3v) is 4.92. The van der Waals surface area contributed by atoms with Gasteiger partial charge in [-0.05, 0) is 37.5 Å². The number of amides is 3. The minimum absolute atomic E-state index is 0.00446. The molecule has 5 nitrogen and oxygen atoms in total. The lowest BCUT2D eigenvalue weighted by molar-refractivity contribution is -0.124. The molecule has 2 aliphatic rings. The fraction of sp³-hybridized carbons (Fsp3) is 0.875. The number of carbonyl (C=O) groups is 2. The summed E-state index contributed by atoms with van der Waals surface area (Å²) in [5.41, 5.74) is 0.162. The minimum Gasteiger partial charge on any atom is -0.354 e. The zero-order valence-electron chi connectivity index (χ0n) is 13.6. The summed E-state index contributed by atoms with van der Waals surface area (Å²) in [5.74, 6) is -0.00446. The van der Waals surface area contributed by atoms with Crippen molar-refractivity contribution in [2.45, 2.75) is 71.4 Å². The fourth-order valence-electron chi connectivity index (χ4n) is 3.47. The first-order valence-corrected chi connectivity index (χ1v) is 8.30. The van der Waals surface area contributed by atoms with E-state index in [1.165, 1.54) is 6.42 Å². The molecule has 2 unspecified atom stereocenters. The molecule has 1 saturated heterocycles. The second kappa shape index (κ2) is 6.67. The Kier molecular flexibility index (Phi) is 5.12. The van der Waals surface area contributed by atoms with Crippen LogP contribution < -0.4 is 10.6 Å². The number of nitrogens with zero attached hydrogens (tertiary/aromatic N) is 1. The molecule has 2 N–H and O–H groups in total.